The van der Waals surface area contributed by atoms with Gasteiger partial charge in [-0.3, -0.25) is 9.78 Å². The van der Waals surface area contributed by atoms with Crippen LogP contribution in [0.5, 0.6) is 0 Å². The molecule has 5 rings (SSSR count). The number of benzene rings is 3. The molecule has 0 aliphatic carbocycles. The van der Waals surface area contributed by atoms with Gasteiger partial charge in [0.25, 0.3) is 0 Å². The first kappa shape index (κ1) is 22.0. The topological polar surface area (TPSA) is 45.6 Å². The third-order valence-electron chi connectivity index (χ3n) is 5.97. The van der Waals surface area contributed by atoms with E-state index in [1.165, 1.54) is 0 Å². The molecule has 0 bridgehead atoms. The first-order valence-electron chi connectivity index (χ1n) is 10.7. The fourth-order valence-electron chi connectivity index (χ4n) is 4.51. The molecule has 1 aromatic heterocycles. The maximum atomic E-state index is 12.6. The molecule has 2 heterocycles. The molecule has 1 amide bonds. The molecule has 1 aliphatic rings. The Balaban J connectivity index is 1.73. The van der Waals surface area contributed by atoms with E-state index in [1.54, 1.807) is 11.9 Å². The largest absolute Gasteiger partial charge is 0.273 e. The lowest BCUT2D eigenvalue weighted by Crippen LogP contribution is -2.24. The smallest absolute Gasteiger partial charge is 0.240 e. The van der Waals surface area contributed by atoms with E-state index in [2.05, 4.69) is 50.1 Å². The van der Waals surface area contributed by atoms with E-state index in [-0.39, 0.29) is 11.9 Å². The molecule has 1 atom stereocenters. The molecular formula is C27H21Br2N3O. The number of nitrogens with zero attached hydrogens (tertiary/aromatic N) is 3. The summed E-state index contributed by atoms with van der Waals surface area (Å²) in [5.74, 6) is -0.0756. The molecule has 4 nitrogen and oxygen atoms in total. The molecule has 0 saturated heterocycles. The molecule has 33 heavy (non-hydrogen) atoms. The zero-order valence-electron chi connectivity index (χ0n) is 18.2. The van der Waals surface area contributed by atoms with Crippen molar-refractivity contribution in [2.45, 2.75) is 26.3 Å². The zero-order valence-corrected chi connectivity index (χ0v) is 21.4. The number of pyridine rings is 1. The van der Waals surface area contributed by atoms with Gasteiger partial charge in [-0.15, -0.1) is 0 Å². The molecule has 0 spiro atoms. The second-order valence-electron chi connectivity index (χ2n) is 8.16. The number of amides is 1. The van der Waals surface area contributed by atoms with E-state index in [9.17, 15) is 4.79 Å². The fourth-order valence-corrected chi connectivity index (χ4v) is 5.14. The van der Waals surface area contributed by atoms with Crippen LogP contribution in [0, 0.1) is 6.92 Å². The first-order chi connectivity index (χ1) is 15.9. The Kier molecular flexibility index (Phi) is 5.89. The molecule has 0 fully saturated rings. The number of hydrogen-bond acceptors (Lipinski definition) is 3. The summed E-state index contributed by atoms with van der Waals surface area (Å²) in [4.78, 5) is 17.5. The lowest BCUT2D eigenvalue weighted by Gasteiger charge is -2.20. The number of carbonyl (C=O) groups is 1. The van der Waals surface area contributed by atoms with E-state index < -0.39 is 0 Å². The Morgan fingerprint density at radius 1 is 0.939 bits per heavy atom. The van der Waals surface area contributed by atoms with Gasteiger partial charge in [0.05, 0.1) is 17.3 Å². The Morgan fingerprint density at radius 3 is 2.33 bits per heavy atom. The van der Waals surface area contributed by atoms with Gasteiger partial charge < -0.3 is 0 Å². The van der Waals surface area contributed by atoms with Crippen molar-refractivity contribution in [3.05, 3.63) is 98.6 Å². The van der Waals surface area contributed by atoms with Crippen LogP contribution in [0.2, 0.25) is 0 Å². The standard InChI is InChI=1S/C27H21Br2N3O/c1-16-26(24-15-25(32(31-24)17(2)33)18-8-10-20(28)11-9-18)27(19-6-4-3-5-7-19)22-14-21(29)12-13-23(22)30-16/h3-14,25H,15H2,1-2H3/t25-/m1/s1. The summed E-state index contributed by atoms with van der Waals surface area (Å²) in [6.07, 6.45) is 0.628. The van der Waals surface area contributed by atoms with Gasteiger partial charge in [-0.2, -0.15) is 5.10 Å². The maximum Gasteiger partial charge on any atom is 0.240 e. The number of halogens is 2. The Labute approximate surface area is 209 Å². The second-order valence-corrected chi connectivity index (χ2v) is 9.99. The predicted octanol–water partition coefficient (Wildman–Crippen LogP) is 7.43. The summed E-state index contributed by atoms with van der Waals surface area (Å²) in [5.41, 5.74) is 6.97. The lowest BCUT2D eigenvalue weighted by molar-refractivity contribution is -0.130. The molecule has 3 aromatic carbocycles. The van der Waals surface area contributed by atoms with Crippen molar-refractivity contribution >= 4 is 54.4 Å². The van der Waals surface area contributed by atoms with Crippen LogP contribution in [0.25, 0.3) is 22.0 Å². The Bertz CT molecular complexity index is 1400. The van der Waals surface area contributed by atoms with Gasteiger partial charge >= 0.3 is 0 Å². The highest BCUT2D eigenvalue weighted by Crippen LogP contribution is 2.40. The van der Waals surface area contributed by atoms with E-state index in [1.807, 2.05) is 61.5 Å². The van der Waals surface area contributed by atoms with Gasteiger partial charge in [0.2, 0.25) is 5.91 Å². The zero-order chi connectivity index (χ0) is 23.1. The molecule has 6 heteroatoms. The molecular weight excluding hydrogens is 542 g/mol. The average molecular weight is 563 g/mol. The highest BCUT2D eigenvalue weighted by Gasteiger charge is 2.33. The van der Waals surface area contributed by atoms with Crippen LogP contribution in [0.15, 0.2) is 86.8 Å². The van der Waals surface area contributed by atoms with Crippen LogP contribution in [0.4, 0.5) is 0 Å². The quantitative estimate of drug-likeness (QED) is 0.260. The van der Waals surface area contributed by atoms with Gasteiger partial charge in [-0.1, -0.05) is 74.3 Å². The molecule has 1 aliphatic heterocycles. The second kappa shape index (κ2) is 8.84. The van der Waals surface area contributed by atoms with Crippen LogP contribution in [0.3, 0.4) is 0 Å². The van der Waals surface area contributed by atoms with Crippen LogP contribution in [-0.2, 0) is 4.79 Å². The minimum atomic E-state index is -0.146. The van der Waals surface area contributed by atoms with Crippen LogP contribution < -0.4 is 0 Å². The van der Waals surface area contributed by atoms with Crippen molar-refractivity contribution in [2.75, 3.05) is 0 Å². The van der Waals surface area contributed by atoms with Crippen molar-refractivity contribution in [1.29, 1.82) is 0 Å². The number of rotatable bonds is 3. The van der Waals surface area contributed by atoms with Gasteiger partial charge in [-0.05, 0) is 48.4 Å². The summed E-state index contributed by atoms with van der Waals surface area (Å²) in [6.45, 7) is 3.59. The Hall–Kier alpha value is -2.83. The normalized spacial score (nSPS) is 15.7. The molecule has 0 N–H and O–H groups in total. The summed E-state index contributed by atoms with van der Waals surface area (Å²) in [7, 11) is 0. The summed E-state index contributed by atoms with van der Waals surface area (Å²) in [6, 6.07) is 24.4. The van der Waals surface area contributed by atoms with Crippen molar-refractivity contribution < 1.29 is 4.79 Å². The predicted molar refractivity (Wildman–Crippen MR) is 140 cm³/mol. The minimum Gasteiger partial charge on any atom is -0.273 e. The van der Waals surface area contributed by atoms with Gasteiger partial charge in [0.15, 0.2) is 0 Å². The highest BCUT2D eigenvalue weighted by molar-refractivity contribution is 9.10. The highest BCUT2D eigenvalue weighted by atomic mass is 79.9. The van der Waals surface area contributed by atoms with Crippen LogP contribution >= 0.6 is 31.9 Å². The van der Waals surface area contributed by atoms with E-state index in [4.69, 9.17) is 10.1 Å². The molecule has 0 unspecified atom stereocenters. The molecule has 164 valence electrons. The van der Waals surface area contributed by atoms with Crippen molar-refractivity contribution in [2.24, 2.45) is 5.10 Å². The Morgan fingerprint density at radius 2 is 1.64 bits per heavy atom. The number of fused-ring (bicyclic) bond motifs is 1. The molecule has 4 aromatic rings. The third-order valence-corrected chi connectivity index (χ3v) is 6.99. The number of aryl methyl sites for hydroxylation is 1. The lowest BCUT2D eigenvalue weighted by atomic mass is 9.89. The van der Waals surface area contributed by atoms with E-state index in [0.29, 0.717) is 6.42 Å². The van der Waals surface area contributed by atoms with Crippen molar-refractivity contribution in [1.82, 2.24) is 9.99 Å². The maximum absolute atomic E-state index is 12.6. The van der Waals surface area contributed by atoms with Crippen LogP contribution in [0.1, 0.15) is 36.2 Å². The molecule has 0 saturated carbocycles. The number of hydrogen-bond donors (Lipinski definition) is 0. The molecule has 0 radical (unpaired) electrons. The van der Waals surface area contributed by atoms with Gasteiger partial charge in [0, 0.05) is 44.5 Å². The SMILES string of the molecule is CC(=O)N1N=C(c2c(C)nc3ccc(Br)cc3c2-c2ccccc2)C[C@@H]1c1ccc(Br)cc1. The van der Waals surface area contributed by atoms with Gasteiger partial charge in [0.1, 0.15) is 0 Å². The first-order valence-corrected chi connectivity index (χ1v) is 12.3. The third kappa shape index (κ3) is 4.13. The van der Waals surface area contributed by atoms with Crippen molar-refractivity contribution in [3.8, 4) is 11.1 Å². The van der Waals surface area contributed by atoms with E-state index in [0.717, 1.165) is 53.5 Å². The number of hydrazone groups is 1. The minimum absolute atomic E-state index is 0.0756. The van der Waals surface area contributed by atoms with Crippen molar-refractivity contribution in [3.63, 3.8) is 0 Å². The monoisotopic (exact) mass is 561 g/mol. The summed E-state index contributed by atoms with van der Waals surface area (Å²) in [5, 5.41) is 7.52. The summed E-state index contributed by atoms with van der Waals surface area (Å²) >= 11 is 7.12. The van der Waals surface area contributed by atoms with Gasteiger partial charge in [-0.25, -0.2) is 5.01 Å². The number of aromatic nitrogens is 1. The van der Waals surface area contributed by atoms with E-state index >= 15 is 0 Å². The van der Waals surface area contributed by atoms with Crippen LogP contribution in [-0.4, -0.2) is 21.6 Å². The fraction of sp³-hybridized carbons (Fsp3) is 0.148. The summed E-state index contributed by atoms with van der Waals surface area (Å²) < 4.78 is 2.00. The number of carbonyl (C=O) groups excluding carboxylic acids is 1. The average Bonchev–Trinajstić information content (AvgIpc) is 3.25.